The molecule has 1 heterocycles. The first-order valence-corrected chi connectivity index (χ1v) is 9.82. The molecule has 32 heavy (non-hydrogen) atoms. The van der Waals surface area contributed by atoms with E-state index in [-0.39, 0.29) is 5.91 Å². The van der Waals surface area contributed by atoms with Crippen molar-refractivity contribution in [2.75, 3.05) is 26.6 Å². The maximum Gasteiger partial charge on any atom is 0.255 e. The van der Waals surface area contributed by atoms with Gasteiger partial charge in [-0.3, -0.25) is 4.79 Å². The van der Waals surface area contributed by atoms with E-state index in [2.05, 4.69) is 15.6 Å². The fourth-order valence-corrected chi connectivity index (χ4v) is 3.27. The number of carbonyl (C=O) groups excluding carboxylic acids is 1. The van der Waals surface area contributed by atoms with Crippen LogP contribution in [0.15, 0.2) is 72.9 Å². The molecule has 3 aromatic carbocycles. The molecule has 0 radical (unpaired) electrons. The standard InChI is InChI=1S/C24H22N4O4/c1-30-20-6-4-5-17(13-20)24(29)26-18-8-10-19(11-9-18)28-21(15-25-27-28)16-7-12-22(31-2)23(14-16)32-3/h4-15H,1-3H3,(H,26,29). The van der Waals surface area contributed by atoms with Crippen molar-refractivity contribution in [3.63, 3.8) is 0 Å². The summed E-state index contributed by atoms with van der Waals surface area (Å²) in [6.45, 7) is 0. The first kappa shape index (κ1) is 20.9. The van der Waals surface area contributed by atoms with E-state index in [1.54, 1.807) is 56.5 Å². The SMILES string of the molecule is COc1cccc(C(=O)Nc2ccc(-n3nncc3-c3ccc(OC)c(OC)c3)cc2)c1. The Kier molecular flexibility index (Phi) is 6.03. The Labute approximate surface area is 185 Å². The third kappa shape index (κ3) is 4.24. The average Bonchev–Trinajstić information content (AvgIpc) is 3.34. The van der Waals surface area contributed by atoms with Gasteiger partial charge in [-0.1, -0.05) is 11.3 Å². The minimum atomic E-state index is -0.219. The van der Waals surface area contributed by atoms with E-state index in [1.165, 1.54) is 0 Å². The molecule has 0 aliphatic heterocycles. The van der Waals surface area contributed by atoms with Gasteiger partial charge in [0, 0.05) is 16.8 Å². The van der Waals surface area contributed by atoms with Crippen LogP contribution in [-0.2, 0) is 0 Å². The van der Waals surface area contributed by atoms with Crippen LogP contribution in [0.5, 0.6) is 17.2 Å². The number of benzene rings is 3. The van der Waals surface area contributed by atoms with Crippen molar-refractivity contribution in [3.8, 4) is 34.2 Å². The van der Waals surface area contributed by atoms with Crippen molar-refractivity contribution in [1.29, 1.82) is 0 Å². The molecular formula is C24H22N4O4. The highest BCUT2D eigenvalue weighted by molar-refractivity contribution is 6.04. The number of amides is 1. The number of nitrogens with one attached hydrogen (secondary N) is 1. The Balaban J connectivity index is 1.56. The third-order valence-electron chi connectivity index (χ3n) is 4.93. The van der Waals surface area contributed by atoms with Crippen LogP contribution in [-0.4, -0.2) is 42.2 Å². The minimum absolute atomic E-state index is 0.219. The van der Waals surface area contributed by atoms with E-state index in [0.717, 1.165) is 16.9 Å². The van der Waals surface area contributed by atoms with E-state index >= 15 is 0 Å². The number of anilines is 1. The molecule has 8 nitrogen and oxygen atoms in total. The van der Waals surface area contributed by atoms with Crippen LogP contribution in [0.4, 0.5) is 5.69 Å². The molecule has 1 aromatic heterocycles. The minimum Gasteiger partial charge on any atom is -0.497 e. The van der Waals surface area contributed by atoms with Gasteiger partial charge in [0.2, 0.25) is 0 Å². The number of rotatable bonds is 7. The molecule has 1 amide bonds. The van der Waals surface area contributed by atoms with Gasteiger partial charge in [-0.25, -0.2) is 4.68 Å². The highest BCUT2D eigenvalue weighted by Crippen LogP contribution is 2.32. The van der Waals surface area contributed by atoms with Gasteiger partial charge in [0.25, 0.3) is 5.91 Å². The Morgan fingerprint density at radius 3 is 2.38 bits per heavy atom. The maximum absolute atomic E-state index is 12.5. The molecule has 0 fully saturated rings. The summed E-state index contributed by atoms with van der Waals surface area (Å²) in [5, 5.41) is 11.2. The molecule has 0 spiro atoms. The zero-order valence-electron chi connectivity index (χ0n) is 17.9. The molecule has 162 valence electrons. The predicted octanol–water partition coefficient (Wildman–Crippen LogP) is 4.21. The molecule has 0 saturated heterocycles. The summed E-state index contributed by atoms with van der Waals surface area (Å²) >= 11 is 0. The molecule has 0 saturated carbocycles. The Morgan fingerprint density at radius 2 is 1.66 bits per heavy atom. The lowest BCUT2D eigenvalue weighted by molar-refractivity contribution is 0.102. The summed E-state index contributed by atoms with van der Waals surface area (Å²) in [5.74, 6) is 1.67. The molecule has 0 unspecified atom stereocenters. The smallest absolute Gasteiger partial charge is 0.255 e. The second-order valence-corrected chi connectivity index (χ2v) is 6.83. The maximum atomic E-state index is 12.5. The molecule has 8 heteroatoms. The normalized spacial score (nSPS) is 10.5. The zero-order chi connectivity index (χ0) is 22.5. The van der Waals surface area contributed by atoms with Crippen LogP contribution in [0.2, 0.25) is 0 Å². The van der Waals surface area contributed by atoms with Crippen LogP contribution < -0.4 is 19.5 Å². The Bertz CT molecular complexity index is 1230. The molecule has 4 rings (SSSR count). The summed E-state index contributed by atoms with van der Waals surface area (Å²) in [6.07, 6.45) is 1.68. The first-order chi connectivity index (χ1) is 15.6. The van der Waals surface area contributed by atoms with Gasteiger partial charge in [0.1, 0.15) is 5.75 Å². The molecule has 0 aliphatic rings. The van der Waals surface area contributed by atoms with Gasteiger partial charge in [0.15, 0.2) is 11.5 Å². The lowest BCUT2D eigenvalue weighted by atomic mass is 10.1. The quantitative estimate of drug-likeness (QED) is 0.473. The highest BCUT2D eigenvalue weighted by atomic mass is 16.5. The molecule has 0 atom stereocenters. The Morgan fingerprint density at radius 1 is 0.875 bits per heavy atom. The second-order valence-electron chi connectivity index (χ2n) is 6.83. The highest BCUT2D eigenvalue weighted by Gasteiger charge is 2.13. The van der Waals surface area contributed by atoms with Crippen LogP contribution in [0.25, 0.3) is 16.9 Å². The number of hydrogen-bond acceptors (Lipinski definition) is 6. The largest absolute Gasteiger partial charge is 0.497 e. The number of ether oxygens (including phenoxy) is 3. The van der Waals surface area contributed by atoms with Crippen molar-refractivity contribution in [1.82, 2.24) is 15.0 Å². The van der Waals surface area contributed by atoms with Crippen LogP contribution >= 0.6 is 0 Å². The second kappa shape index (κ2) is 9.22. The van der Waals surface area contributed by atoms with E-state index in [0.29, 0.717) is 28.5 Å². The van der Waals surface area contributed by atoms with Gasteiger partial charge >= 0.3 is 0 Å². The van der Waals surface area contributed by atoms with E-state index in [9.17, 15) is 4.79 Å². The van der Waals surface area contributed by atoms with Crippen LogP contribution in [0.1, 0.15) is 10.4 Å². The van der Waals surface area contributed by atoms with E-state index in [4.69, 9.17) is 14.2 Å². The summed E-state index contributed by atoms with van der Waals surface area (Å²) in [6, 6.07) is 20.0. The molecule has 1 N–H and O–H groups in total. The number of carbonyl (C=O) groups is 1. The Hall–Kier alpha value is -4.33. The van der Waals surface area contributed by atoms with Gasteiger partial charge in [-0.05, 0) is 60.7 Å². The topological polar surface area (TPSA) is 87.5 Å². The summed E-state index contributed by atoms with van der Waals surface area (Å²) in [4.78, 5) is 12.5. The fraction of sp³-hybridized carbons (Fsp3) is 0.125. The van der Waals surface area contributed by atoms with Crippen molar-refractivity contribution in [3.05, 3.63) is 78.5 Å². The molecule has 4 aromatic rings. The average molecular weight is 430 g/mol. The van der Waals surface area contributed by atoms with Gasteiger partial charge in [-0.15, -0.1) is 5.10 Å². The van der Waals surface area contributed by atoms with E-state index < -0.39 is 0 Å². The zero-order valence-corrected chi connectivity index (χ0v) is 17.9. The predicted molar refractivity (Wildman–Crippen MR) is 121 cm³/mol. The van der Waals surface area contributed by atoms with Crippen molar-refractivity contribution >= 4 is 11.6 Å². The number of aromatic nitrogens is 3. The third-order valence-corrected chi connectivity index (χ3v) is 4.93. The van der Waals surface area contributed by atoms with Crippen molar-refractivity contribution in [2.45, 2.75) is 0 Å². The number of nitrogens with zero attached hydrogens (tertiary/aromatic N) is 3. The molecular weight excluding hydrogens is 408 g/mol. The van der Waals surface area contributed by atoms with Crippen LogP contribution in [0, 0.1) is 0 Å². The van der Waals surface area contributed by atoms with Gasteiger partial charge < -0.3 is 19.5 Å². The number of methoxy groups -OCH3 is 3. The van der Waals surface area contributed by atoms with Gasteiger partial charge in [0.05, 0.1) is 38.9 Å². The lowest BCUT2D eigenvalue weighted by Crippen LogP contribution is -2.12. The van der Waals surface area contributed by atoms with Crippen molar-refractivity contribution in [2.24, 2.45) is 0 Å². The number of hydrogen-bond donors (Lipinski definition) is 1. The summed E-state index contributed by atoms with van der Waals surface area (Å²) in [7, 11) is 4.75. The fourth-order valence-electron chi connectivity index (χ4n) is 3.27. The molecule has 0 bridgehead atoms. The van der Waals surface area contributed by atoms with Crippen LogP contribution in [0.3, 0.4) is 0 Å². The summed E-state index contributed by atoms with van der Waals surface area (Å²) in [5.41, 5.74) is 3.64. The first-order valence-electron chi connectivity index (χ1n) is 9.82. The van der Waals surface area contributed by atoms with Crippen molar-refractivity contribution < 1.29 is 19.0 Å². The summed E-state index contributed by atoms with van der Waals surface area (Å²) < 4.78 is 17.6. The lowest BCUT2D eigenvalue weighted by Gasteiger charge is -2.11. The van der Waals surface area contributed by atoms with Gasteiger partial charge in [-0.2, -0.15) is 0 Å². The molecule has 0 aliphatic carbocycles. The van der Waals surface area contributed by atoms with E-state index in [1.807, 2.05) is 42.5 Å². The monoisotopic (exact) mass is 430 g/mol.